The Kier molecular flexibility index (Phi) is 18.9. The molecule has 4 amide bonds. The highest BCUT2D eigenvalue weighted by atomic mass is 16.4. The van der Waals surface area contributed by atoms with E-state index in [1.807, 2.05) is 13.8 Å². The third-order valence-corrected chi connectivity index (χ3v) is 8.69. The number of hydrogen-bond acceptors (Lipinski definition) is 10. The SMILES string of the molecule is CC(C)C[C@H](CC(=O)[C@@H](Cc1ccc(O)cc1)NC(=O)[C@@H]1CC=CC[C@H](N)C(=O)N[C@@H](CCCCN)C(=O)N[C@@H](CCCCN)C(=O)N1)C(=O)O. The average Bonchev–Trinajstić information content (AvgIpc) is 3.08. The molecule has 6 atom stereocenters. The molecule has 1 aromatic carbocycles. The normalized spacial score (nSPS) is 21.5. The predicted octanol–water partition coefficient (Wildman–Crippen LogP) is 0.515. The summed E-state index contributed by atoms with van der Waals surface area (Å²) in [4.78, 5) is 79.7. The average molecular weight is 716 g/mol. The quantitative estimate of drug-likeness (QED) is 0.0747. The number of unbranched alkanes of at least 4 members (excludes halogenated alkanes) is 2. The maximum absolute atomic E-state index is 13.9. The molecular formula is C36H57N7O8. The van der Waals surface area contributed by atoms with Gasteiger partial charge in [0.1, 0.15) is 23.9 Å². The van der Waals surface area contributed by atoms with Gasteiger partial charge in [-0.1, -0.05) is 38.1 Å². The molecule has 0 bridgehead atoms. The Morgan fingerprint density at radius 2 is 1.39 bits per heavy atom. The molecule has 51 heavy (non-hydrogen) atoms. The van der Waals surface area contributed by atoms with E-state index in [0.29, 0.717) is 44.3 Å². The second-order valence-electron chi connectivity index (χ2n) is 13.6. The van der Waals surface area contributed by atoms with Crippen LogP contribution in [0.1, 0.15) is 83.6 Å². The van der Waals surface area contributed by atoms with E-state index < -0.39 is 71.5 Å². The van der Waals surface area contributed by atoms with E-state index in [2.05, 4.69) is 21.3 Å². The van der Waals surface area contributed by atoms with Crippen LogP contribution in [0.4, 0.5) is 0 Å². The highest BCUT2D eigenvalue weighted by molar-refractivity contribution is 5.96. The van der Waals surface area contributed by atoms with Crippen molar-refractivity contribution in [2.75, 3.05) is 13.1 Å². The standard InChI is InChI=1S/C36H57N7O8/c1-22(2)19-24(36(50)51)21-31(45)30(20-23-13-15-25(44)16-14-23)43-35(49)28-10-4-3-9-26(39)32(46)40-27(11-5-7-17-37)33(47)42-29(34(48)41-28)12-6-8-18-38/h3-4,13-16,22,24,26-30,44H,5-12,17-21,37-39H2,1-2H3,(H,40,46)(H,41,48)(H,42,47)(H,43,49)(H,50,51)/t24-,26+,27+,28+,29+,30-/m1/s1. The van der Waals surface area contributed by atoms with Gasteiger partial charge < -0.3 is 48.7 Å². The van der Waals surface area contributed by atoms with Crippen LogP contribution in [0.3, 0.4) is 0 Å². The molecule has 1 aromatic rings. The number of nitrogens with one attached hydrogen (secondary N) is 4. The lowest BCUT2D eigenvalue weighted by Crippen LogP contribution is -2.58. The molecule has 2 rings (SSSR count). The Labute approximate surface area is 299 Å². The number of ketones is 1. The summed E-state index contributed by atoms with van der Waals surface area (Å²) in [5.41, 5.74) is 18.0. The Morgan fingerprint density at radius 1 is 0.843 bits per heavy atom. The van der Waals surface area contributed by atoms with E-state index in [4.69, 9.17) is 17.2 Å². The lowest BCUT2D eigenvalue weighted by atomic mass is 9.89. The van der Waals surface area contributed by atoms with Gasteiger partial charge in [0.2, 0.25) is 23.6 Å². The van der Waals surface area contributed by atoms with Crippen molar-refractivity contribution in [1.29, 1.82) is 0 Å². The molecule has 0 radical (unpaired) electrons. The summed E-state index contributed by atoms with van der Waals surface area (Å²) in [5, 5.41) is 30.5. The van der Waals surface area contributed by atoms with Crippen LogP contribution in [0.5, 0.6) is 5.75 Å². The molecule has 12 N–H and O–H groups in total. The molecule has 0 saturated heterocycles. The minimum absolute atomic E-state index is 0.00264. The summed E-state index contributed by atoms with van der Waals surface area (Å²) in [7, 11) is 0. The third kappa shape index (κ3) is 15.6. The molecule has 1 aliphatic rings. The molecule has 0 unspecified atom stereocenters. The molecule has 0 saturated carbocycles. The van der Waals surface area contributed by atoms with Crippen LogP contribution in [-0.2, 0) is 35.2 Å². The van der Waals surface area contributed by atoms with Crippen molar-refractivity contribution < 1.29 is 39.0 Å². The Hall–Kier alpha value is -4.34. The lowest BCUT2D eigenvalue weighted by Gasteiger charge is -2.27. The molecule has 1 heterocycles. The highest BCUT2D eigenvalue weighted by Gasteiger charge is 2.33. The van der Waals surface area contributed by atoms with Gasteiger partial charge in [-0.05, 0) is 101 Å². The molecule has 0 spiro atoms. The van der Waals surface area contributed by atoms with Crippen molar-refractivity contribution in [2.45, 2.75) is 115 Å². The topological polar surface area (TPSA) is 269 Å². The highest BCUT2D eigenvalue weighted by Crippen LogP contribution is 2.19. The lowest BCUT2D eigenvalue weighted by molar-refractivity contribution is -0.144. The first kappa shape index (κ1) is 42.8. The van der Waals surface area contributed by atoms with Gasteiger partial charge in [0.05, 0.1) is 18.0 Å². The minimum Gasteiger partial charge on any atom is -0.508 e. The number of rotatable bonds is 18. The summed E-state index contributed by atoms with van der Waals surface area (Å²) in [6, 6.07) is 0.658. The van der Waals surface area contributed by atoms with Gasteiger partial charge in [-0.2, -0.15) is 0 Å². The summed E-state index contributed by atoms with van der Waals surface area (Å²) in [5.74, 6) is -5.04. The molecule has 15 heteroatoms. The summed E-state index contributed by atoms with van der Waals surface area (Å²) in [6.07, 6.45) is 5.90. The van der Waals surface area contributed by atoms with E-state index >= 15 is 0 Å². The number of carboxylic acids is 1. The van der Waals surface area contributed by atoms with E-state index in [0.717, 1.165) is 0 Å². The Bertz CT molecular complexity index is 1340. The number of carboxylic acid groups (broad SMARTS) is 1. The van der Waals surface area contributed by atoms with Gasteiger partial charge in [-0.3, -0.25) is 28.8 Å². The number of phenols is 1. The molecule has 284 valence electrons. The fourth-order valence-corrected chi connectivity index (χ4v) is 5.77. The number of Topliss-reactive ketones (excluding diaryl/α,β-unsaturated/α-hetero) is 1. The molecule has 1 aliphatic heterocycles. The van der Waals surface area contributed by atoms with Gasteiger partial charge in [0, 0.05) is 6.42 Å². The fraction of sp³-hybridized carbons (Fsp3) is 0.611. The largest absolute Gasteiger partial charge is 0.508 e. The number of phenolic OH excluding ortho intramolecular Hbond substituents is 1. The maximum atomic E-state index is 13.9. The fourth-order valence-electron chi connectivity index (χ4n) is 5.77. The number of hydrogen-bond donors (Lipinski definition) is 9. The van der Waals surface area contributed by atoms with Gasteiger partial charge in [0.15, 0.2) is 5.78 Å². The Balaban J connectivity index is 2.43. The zero-order valence-corrected chi connectivity index (χ0v) is 29.8. The van der Waals surface area contributed by atoms with Crippen LogP contribution in [-0.4, -0.2) is 88.9 Å². The van der Waals surface area contributed by atoms with Crippen molar-refractivity contribution >= 4 is 35.4 Å². The van der Waals surface area contributed by atoms with Crippen molar-refractivity contribution in [3.8, 4) is 5.75 Å². The van der Waals surface area contributed by atoms with Gasteiger partial charge in [-0.15, -0.1) is 0 Å². The third-order valence-electron chi connectivity index (χ3n) is 8.69. The Morgan fingerprint density at radius 3 is 1.94 bits per heavy atom. The van der Waals surface area contributed by atoms with Gasteiger partial charge in [-0.25, -0.2) is 0 Å². The van der Waals surface area contributed by atoms with Crippen LogP contribution in [0.2, 0.25) is 0 Å². The number of nitrogens with two attached hydrogens (primary N) is 3. The van der Waals surface area contributed by atoms with Crippen molar-refractivity contribution in [3.05, 3.63) is 42.0 Å². The molecular weight excluding hydrogens is 658 g/mol. The first-order valence-electron chi connectivity index (χ1n) is 17.8. The van der Waals surface area contributed by atoms with Crippen LogP contribution in [0.25, 0.3) is 0 Å². The summed E-state index contributed by atoms with van der Waals surface area (Å²) in [6.45, 7) is 4.48. The minimum atomic E-state index is -1.21. The number of aromatic hydroxyl groups is 1. The number of carbonyl (C=O) groups excluding carboxylic acids is 5. The molecule has 0 fully saturated rings. The van der Waals surface area contributed by atoms with Crippen LogP contribution in [0, 0.1) is 11.8 Å². The summed E-state index contributed by atoms with van der Waals surface area (Å²) >= 11 is 0. The van der Waals surface area contributed by atoms with E-state index in [1.165, 1.54) is 12.1 Å². The number of aliphatic carboxylic acids is 1. The first-order chi connectivity index (χ1) is 24.2. The van der Waals surface area contributed by atoms with Crippen molar-refractivity contribution in [2.24, 2.45) is 29.0 Å². The second-order valence-corrected chi connectivity index (χ2v) is 13.6. The number of benzene rings is 1. The van der Waals surface area contributed by atoms with Crippen molar-refractivity contribution in [1.82, 2.24) is 21.3 Å². The molecule has 15 nitrogen and oxygen atoms in total. The maximum Gasteiger partial charge on any atom is 0.306 e. The predicted molar refractivity (Wildman–Crippen MR) is 192 cm³/mol. The van der Waals surface area contributed by atoms with Crippen LogP contribution < -0.4 is 38.5 Å². The van der Waals surface area contributed by atoms with Gasteiger partial charge in [0.25, 0.3) is 0 Å². The van der Waals surface area contributed by atoms with E-state index in [1.54, 1.807) is 24.3 Å². The van der Waals surface area contributed by atoms with Crippen molar-refractivity contribution in [3.63, 3.8) is 0 Å². The molecule has 0 aliphatic carbocycles. The first-order valence-corrected chi connectivity index (χ1v) is 17.8. The zero-order valence-electron chi connectivity index (χ0n) is 29.8. The monoisotopic (exact) mass is 715 g/mol. The van der Waals surface area contributed by atoms with E-state index in [-0.39, 0.29) is 56.6 Å². The van der Waals surface area contributed by atoms with Gasteiger partial charge >= 0.3 is 5.97 Å². The number of carbonyl (C=O) groups is 6. The van der Waals surface area contributed by atoms with Crippen LogP contribution in [0.15, 0.2) is 36.4 Å². The van der Waals surface area contributed by atoms with Crippen LogP contribution >= 0.6 is 0 Å². The molecule has 0 aromatic heterocycles. The zero-order chi connectivity index (χ0) is 37.9. The summed E-state index contributed by atoms with van der Waals surface area (Å²) < 4.78 is 0. The second kappa shape index (κ2) is 22.5. The van der Waals surface area contributed by atoms with E-state index in [9.17, 15) is 39.0 Å². The smallest absolute Gasteiger partial charge is 0.306 e. The number of amides is 4.